The molecule has 1 aliphatic rings. The van der Waals surface area contributed by atoms with Crippen LogP contribution in [0.5, 0.6) is 5.75 Å². The quantitative estimate of drug-likeness (QED) is 0.508. The van der Waals surface area contributed by atoms with Crippen LogP contribution in [0.1, 0.15) is 65.7 Å². The summed E-state index contributed by atoms with van der Waals surface area (Å²) in [5.41, 5.74) is 2.76. The third-order valence-corrected chi connectivity index (χ3v) is 5.93. The number of amides is 2. The highest BCUT2D eigenvalue weighted by atomic mass is 19.1. The smallest absolute Gasteiger partial charge is 0.286 e. The van der Waals surface area contributed by atoms with Gasteiger partial charge in [0.05, 0.1) is 6.04 Å². The fourth-order valence-electron chi connectivity index (χ4n) is 4.25. The van der Waals surface area contributed by atoms with Crippen molar-refractivity contribution in [2.24, 2.45) is 0 Å². The molecule has 0 radical (unpaired) electrons. The van der Waals surface area contributed by atoms with Crippen molar-refractivity contribution in [3.8, 4) is 5.75 Å². The number of ether oxygens (including phenoxy) is 1. The zero-order valence-electron chi connectivity index (χ0n) is 19.5. The van der Waals surface area contributed by atoms with Gasteiger partial charge in [0, 0.05) is 19.5 Å². The van der Waals surface area contributed by atoms with Gasteiger partial charge in [-0.1, -0.05) is 32.0 Å². The molecule has 0 aliphatic carbocycles. The molecule has 0 bridgehead atoms. The molecule has 178 valence electrons. The zero-order valence-corrected chi connectivity index (χ0v) is 19.5. The SMILES string of the molecule is CCCNC(=O)c1ccc(COc2ccc3c(c2)[C@H](c2cccc(F)c2)N(C(=O)CC)CC3)o1. The lowest BCUT2D eigenvalue weighted by Gasteiger charge is -2.38. The van der Waals surface area contributed by atoms with Gasteiger partial charge >= 0.3 is 0 Å². The first kappa shape index (κ1) is 23.5. The molecule has 1 aromatic heterocycles. The van der Waals surface area contributed by atoms with Gasteiger partial charge in [0.25, 0.3) is 5.91 Å². The van der Waals surface area contributed by atoms with E-state index in [1.807, 2.05) is 43.0 Å². The third-order valence-electron chi connectivity index (χ3n) is 5.93. The molecule has 0 unspecified atom stereocenters. The van der Waals surface area contributed by atoms with Crippen molar-refractivity contribution in [1.29, 1.82) is 0 Å². The Morgan fingerprint density at radius 1 is 1.15 bits per heavy atom. The minimum Gasteiger partial charge on any atom is -0.486 e. The number of nitrogens with zero attached hydrogens (tertiary/aromatic N) is 1. The number of carbonyl (C=O) groups excluding carboxylic acids is 2. The van der Waals surface area contributed by atoms with Crippen molar-refractivity contribution in [2.75, 3.05) is 13.1 Å². The first-order chi connectivity index (χ1) is 16.5. The Balaban J connectivity index is 1.56. The summed E-state index contributed by atoms with van der Waals surface area (Å²) in [5, 5.41) is 2.78. The highest BCUT2D eigenvalue weighted by molar-refractivity contribution is 5.91. The molecule has 0 saturated carbocycles. The minimum atomic E-state index is -0.382. The van der Waals surface area contributed by atoms with Gasteiger partial charge in [0.15, 0.2) is 5.76 Å². The van der Waals surface area contributed by atoms with E-state index in [4.69, 9.17) is 9.15 Å². The molecular weight excluding hydrogens is 435 g/mol. The summed E-state index contributed by atoms with van der Waals surface area (Å²) in [4.78, 5) is 26.6. The van der Waals surface area contributed by atoms with E-state index in [0.717, 1.165) is 29.5 Å². The van der Waals surface area contributed by atoms with Crippen LogP contribution >= 0.6 is 0 Å². The number of nitrogens with one attached hydrogen (secondary N) is 1. The van der Waals surface area contributed by atoms with Gasteiger partial charge in [-0.25, -0.2) is 4.39 Å². The number of halogens is 1. The highest BCUT2D eigenvalue weighted by Crippen LogP contribution is 2.37. The summed E-state index contributed by atoms with van der Waals surface area (Å²) in [6.07, 6.45) is 1.95. The van der Waals surface area contributed by atoms with E-state index in [2.05, 4.69) is 5.32 Å². The van der Waals surface area contributed by atoms with Crippen LogP contribution in [0.25, 0.3) is 0 Å². The molecule has 2 aromatic carbocycles. The molecule has 34 heavy (non-hydrogen) atoms. The largest absolute Gasteiger partial charge is 0.486 e. The maximum absolute atomic E-state index is 14.1. The maximum Gasteiger partial charge on any atom is 0.286 e. The van der Waals surface area contributed by atoms with Gasteiger partial charge in [-0.05, 0) is 65.9 Å². The number of hydrogen-bond donors (Lipinski definition) is 1. The van der Waals surface area contributed by atoms with E-state index in [1.165, 1.54) is 12.1 Å². The first-order valence-corrected chi connectivity index (χ1v) is 11.7. The Kier molecular flexibility index (Phi) is 7.30. The molecule has 0 saturated heterocycles. The number of fused-ring (bicyclic) bond motifs is 1. The zero-order chi connectivity index (χ0) is 24.1. The van der Waals surface area contributed by atoms with Crippen LogP contribution < -0.4 is 10.1 Å². The van der Waals surface area contributed by atoms with Crippen molar-refractivity contribution in [3.05, 3.63) is 88.6 Å². The molecule has 7 heteroatoms. The van der Waals surface area contributed by atoms with Crippen LogP contribution in [0.4, 0.5) is 4.39 Å². The number of furan rings is 1. The average molecular weight is 465 g/mol. The van der Waals surface area contributed by atoms with Crippen LogP contribution in [0.3, 0.4) is 0 Å². The summed E-state index contributed by atoms with van der Waals surface area (Å²) in [6.45, 7) is 5.14. The van der Waals surface area contributed by atoms with Crippen molar-refractivity contribution in [1.82, 2.24) is 10.2 Å². The molecule has 1 N–H and O–H groups in total. The standard InChI is InChI=1S/C27H29FN2O4/c1-3-13-29-27(32)24-11-10-22(34-24)17-33-21-9-8-18-12-14-30(25(31)4-2)26(23(18)16-21)19-6-5-7-20(28)15-19/h5-11,15-16,26H,3-4,12-14,17H2,1-2H3,(H,29,32)/t26-/m0/s1. The molecule has 4 rings (SSSR count). The third kappa shape index (κ3) is 5.14. The second kappa shape index (κ2) is 10.5. The molecular formula is C27H29FN2O4. The number of hydrogen-bond acceptors (Lipinski definition) is 4. The Morgan fingerprint density at radius 2 is 2.00 bits per heavy atom. The molecule has 2 amide bonds. The number of rotatable bonds is 8. The predicted octanol–water partition coefficient (Wildman–Crippen LogP) is 5.02. The molecule has 1 aliphatic heterocycles. The van der Waals surface area contributed by atoms with Gasteiger partial charge in [-0.15, -0.1) is 0 Å². The Bertz CT molecular complexity index is 1170. The van der Waals surface area contributed by atoms with E-state index >= 15 is 0 Å². The summed E-state index contributed by atoms with van der Waals surface area (Å²) >= 11 is 0. The Morgan fingerprint density at radius 3 is 2.76 bits per heavy atom. The van der Waals surface area contributed by atoms with Gasteiger partial charge in [-0.3, -0.25) is 9.59 Å². The Hall–Kier alpha value is -3.61. The summed E-state index contributed by atoms with van der Waals surface area (Å²) in [6, 6.07) is 15.2. The van der Waals surface area contributed by atoms with Crippen molar-refractivity contribution in [3.63, 3.8) is 0 Å². The van der Waals surface area contributed by atoms with Crippen molar-refractivity contribution >= 4 is 11.8 Å². The second-order valence-corrected chi connectivity index (χ2v) is 8.32. The Labute approximate surface area is 198 Å². The van der Waals surface area contributed by atoms with E-state index in [0.29, 0.717) is 31.0 Å². The lowest BCUT2D eigenvalue weighted by atomic mass is 9.87. The summed E-state index contributed by atoms with van der Waals surface area (Å²) in [7, 11) is 0. The predicted molar refractivity (Wildman–Crippen MR) is 126 cm³/mol. The van der Waals surface area contributed by atoms with Gasteiger partial charge in [0.2, 0.25) is 5.91 Å². The van der Waals surface area contributed by atoms with E-state index in [9.17, 15) is 14.0 Å². The van der Waals surface area contributed by atoms with Crippen molar-refractivity contribution < 1.29 is 23.1 Å². The average Bonchev–Trinajstić information content (AvgIpc) is 3.34. The highest BCUT2D eigenvalue weighted by Gasteiger charge is 2.32. The van der Waals surface area contributed by atoms with Crippen LogP contribution in [-0.2, 0) is 17.8 Å². The molecule has 6 nitrogen and oxygen atoms in total. The van der Waals surface area contributed by atoms with E-state index < -0.39 is 0 Å². The molecule has 2 heterocycles. The molecule has 0 spiro atoms. The van der Waals surface area contributed by atoms with Gasteiger partial charge < -0.3 is 19.4 Å². The maximum atomic E-state index is 14.1. The van der Waals surface area contributed by atoms with E-state index in [-0.39, 0.29) is 36.0 Å². The van der Waals surface area contributed by atoms with Gasteiger partial charge in [0.1, 0.15) is 23.9 Å². The minimum absolute atomic E-state index is 0.0238. The molecule has 3 aromatic rings. The fourth-order valence-corrected chi connectivity index (χ4v) is 4.25. The topological polar surface area (TPSA) is 71.8 Å². The normalized spacial score (nSPS) is 15.0. The second-order valence-electron chi connectivity index (χ2n) is 8.32. The number of benzene rings is 2. The molecule has 0 fully saturated rings. The summed E-state index contributed by atoms with van der Waals surface area (Å²) < 4.78 is 25.6. The van der Waals surface area contributed by atoms with Crippen LogP contribution in [0.2, 0.25) is 0 Å². The van der Waals surface area contributed by atoms with Crippen LogP contribution in [-0.4, -0.2) is 29.8 Å². The number of carbonyl (C=O) groups is 2. The summed E-state index contributed by atoms with van der Waals surface area (Å²) in [5.74, 6) is 0.828. The van der Waals surface area contributed by atoms with E-state index in [1.54, 1.807) is 18.2 Å². The first-order valence-electron chi connectivity index (χ1n) is 11.7. The lowest BCUT2D eigenvalue weighted by molar-refractivity contribution is -0.132. The van der Waals surface area contributed by atoms with Crippen LogP contribution in [0.15, 0.2) is 59.0 Å². The lowest BCUT2D eigenvalue weighted by Crippen LogP contribution is -2.40. The molecule has 1 atom stereocenters. The van der Waals surface area contributed by atoms with Crippen molar-refractivity contribution in [2.45, 2.75) is 45.8 Å². The fraction of sp³-hybridized carbons (Fsp3) is 0.333. The monoisotopic (exact) mass is 464 g/mol. The van der Waals surface area contributed by atoms with Gasteiger partial charge in [-0.2, -0.15) is 0 Å². The van der Waals surface area contributed by atoms with Crippen LogP contribution in [0, 0.1) is 5.82 Å².